The van der Waals surface area contributed by atoms with Gasteiger partial charge in [0, 0.05) is 24.9 Å². The lowest BCUT2D eigenvalue weighted by Crippen LogP contribution is -2.33. The Balaban J connectivity index is 2.33. The largest absolute Gasteiger partial charge is 0.359 e. The van der Waals surface area contributed by atoms with Crippen LogP contribution in [0.3, 0.4) is 0 Å². The van der Waals surface area contributed by atoms with Crippen molar-refractivity contribution in [3.8, 4) is 0 Å². The quantitative estimate of drug-likeness (QED) is 0.777. The molecule has 4 heteroatoms. The molecule has 3 nitrogen and oxygen atoms in total. The molecule has 2 rings (SSSR count). The van der Waals surface area contributed by atoms with Gasteiger partial charge in [0.05, 0.1) is 0 Å². The molecule has 0 aliphatic heterocycles. The molecule has 0 heterocycles. The van der Waals surface area contributed by atoms with Crippen LogP contribution in [-0.4, -0.2) is 18.7 Å². The van der Waals surface area contributed by atoms with E-state index in [1.54, 1.807) is 13.1 Å². The number of nitrogens with one attached hydrogen (secondary N) is 1. The Morgan fingerprint density at radius 1 is 1.44 bits per heavy atom. The molecule has 1 amide bonds. The summed E-state index contributed by atoms with van der Waals surface area (Å²) in [6, 6.07) is 4.15. The number of benzene rings is 1. The average Bonchev–Trinajstić information content (AvgIpc) is 2.28. The molecule has 0 aromatic heterocycles. The van der Waals surface area contributed by atoms with E-state index < -0.39 is 5.82 Å². The van der Waals surface area contributed by atoms with Crippen molar-refractivity contribution in [2.24, 2.45) is 5.92 Å². The molecule has 1 aromatic carbocycles. The third kappa shape index (κ3) is 1.83. The fraction of sp³-hybridized carbons (Fsp3) is 0.333. The number of carbonyl (C=O) groups is 2. The predicted octanol–water partition coefficient (Wildman–Crippen LogP) is 1.32. The summed E-state index contributed by atoms with van der Waals surface area (Å²) in [5.74, 6) is -1.03. The molecule has 1 atom stereocenters. The minimum Gasteiger partial charge on any atom is -0.359 e. The predicted molar refractivity (Wildman–Crippen MR) is 56.6 cm³/mol. The number of hydrogen-bond acceptors (Lipinski definition) is 2. The van der Waals surface area contributed by atoms with Gasteiger partial charge in [-0.15, -0.1) is 0 Å². The van der Waals surface area contributed by atoms with Gasteiger partial charge in [-0.2, -0.15) is 0 Å². The lowest BCUT2D eigenvalue weighted by atomic mass is 9.82. The second-order valence-corrected chi connectivity index (χ2v) is 3.94. The van der Waals surface area contributed by atoms with Crippen LogP contribution in [0.5, 0.6) is 0 Å². The fourth-order valence-corrected chi connectivity index (χ4v) is 2.05. The van der Waals surface area contributed by atoms with Gasteiger partial charge in [0.2, 0.25) is 5.91 Å². The highest BCUT2D eigenvalue weighted by molar-refractivity contribution is 6.01. The number of fused-ring (bicyclic) bond motifs is 1. The molecule has 0 spiro atoms. The van der Waals surface area contributed by atoms with Crippen molar-refractivity contribution in [3.05, 3.63) is 35.1 Å². The van der Waals surface area contributed by atoms with Gasteiger partial charge in [0.1, 0.15) is 5.82 Å². The smallest absolute Gasteiger partial charge is 0.223 e. The van der Waals surface area contributed by atoms with Crippen molar-refractivity contribution >= 4 is 11.7 Å². The summed E-state index contributed by atoms with van der Waals surface area (Å²) in [7, 11) is 1.55. The third-order valence-corrected chi connectivity index (χ3v) is 2.89. The number of hydrogen-bond donors (Lipinski definition) is 1. The number of Topliss-reactive ketones (excluding diaryl/α,β-unsaturated/α-hetero) is 1. The first-order valence-corrected chi connectivity index (χ1v) is 5.15. The number of amides is 1. The molecule has 1 aliphatic carbocycles. The van der Waals surface area contributed by atoms with Gasteiger partial charge >= 0.3 is 0 Å². The van der Waals surface area contributed by atoms with E-state index in [2.05, 4.69) is 5.32 Å². The van der Waals surface area contributed by atoms with Gasteiger partial charge in [-0.1, -0.05) is 6.07 Å². The van der Waals surface area contributed by atoms with Crippen LogP contribution in [0.2, 0.25) is 0 Å². The number of rotatable bonds is 1. The molecule has 0 radical (unpaired) electrons. The Kier molecular flexibility index (Phi) is 2.73. The van der Waals surface area contributed by atoms with Crippen LogP contribution in [0.4, 0.5) is 4.39 Å². The molecule has 84 valence electrons. The Hall–Kier alpha value is -1.71. The number of carbonyl (C=O) groups excluding carboxylic acids is 2. The van der Waals surface area contributed by atoms with E-state index in [9.17, 15) is 14.0 Å². The van der Waals surface area contributed by atoms with Crippen LogP contribution in [0, 0.1) is 11.7 Å². The summed E-state index contributed by atoms with van der Waals surface area (Å²) < 4.78 is 13.0. The summed E-state index contributed by atoms with van der Waals surface area (Å²) in [6.45, 7) is 0. The standard InChI is InChI=1S/C12H12FNO2/c1-14-12(16)8-4-7-2-3-9(13)6-10(7)11(15)5-8/h2-3,6,8H,4-5H2,1H3,(H,14,16). The highest BCUT2D eigenvalue weighted by Gasteiger charge is 2.29. The summed E-state index contributed by atoms with van der Waals surface area (Å²) in [5.41, 5.74) is 1.17. The van der Waals surface area contributed by atoms with Crippen LogP contribution in [0.15, 0.2) is 18.2 Å². The van der Waals surface area contributed by atoms with Crippen molar-refractivity contribution in [3.63, 3.8) is 0 Å². The summed E-state index contributed by atoms with van der Waals surface area (Å²) in [4.78, 5) is 23.2. The zero-order chi connectivity index (χ0) is 11.7. The number of ketones is 1. The molecule has 0 fully saturated rings. The average molecular weight is 221 g/mol. The Morgan fingerprint density at radius 2 is 2.19 bits per heavy atom. The fourth-order valence-electron chi connectivity index (χ4n) is 2.05. The highest BCUT2D eigenvalue weighted by Crippen LogP contribution is 2.26. The zero-order valence-electron chi connectivity index (χ0n) is 8.92. The van der Waals surface area contributed by atoms with E-state index in [0.717, 1.165) is 5.56 Å². The van der Waals surface area contributed by atoms with E-state index in [0.29, 0.717) is 12.0 Å². The molecular weight excluding hydrogens is 209 g/mol. The molecule has 1 aromatic rings. The van der Waals surface area contributed by atoms with E-state index in [4.69, 9.17) is 0 Å². The van der Waals surface area contributed by atoms with E-state index in [-0.39, 0.29) is 24.0 Å². The van der Waals surface area contributed by atoms with Gasteiger partial charge in [0.25, 0.3) is 0 Å². The van der Waals surface area contributed by atoms with Crippen LogP contribution < -0.4 is 5.32 Å². The van der Waals surface area contributed by atoms with Crippen molar-refractivity contribution in [1.29, 1.82) is 0 Å². The molecule has 0 bridgehead atoms. The maximum Gasteiger partial charge on any atom is 0.223 e. The maximum absolute atomic E-state index is 13.0. The van der Waals surface area contributed by atoms with Gasteiger partial charge in [-0.05, 0) is 24.1 Å². The van der Waals surface area contributed by atoms with Gasteiger partial charge in [-0.25, -0.2) is 4.39 Å². The van der Waals surface area contributed by atoms with Gasteiger partial charge in [0.15, 0.2) is 5.78 Å². The van der Waals surface area contributed by atoms with Gasteiger partial charge < -0.3 is 5.32 Å². The SMILES string of the molecule is CNC(=O)C1CC(=O)c2cc(F)ccc2C1. The first-order valence-electron chi connectivity index (χ1n) is 5.15. The molecule has 1 N–H and O–H groups in total. The molecule has 0 saturated heterocycles. The van der Waals surface area contributed by atoms with E-state index in [1.807, 2.05) is 0 Å². The van der Waals surface area contributed by atoms with Crippen LogP contribution in [0.25, 0.3) is 0 Å². The number of halogens is 1. The summed E-state index contributed by atoms with van der Waals surface area (Å²) in [6.07, 6.45) is 0.664. The monoisotopic (exact) mass is 221 g/mol. The lowest BCUT2D eigenvalue weighted by Gasteiger charge is -2.22. The van der Waals surface area contributed by atoms with Crippen molar-refractivity contribution in [2.45, 2.75) is 12.8 Å². The lowest BCUT2D eigenvalue weighted by molar-refractivity contribution is -0.124. The second-order valence-electron chi connectivity index (χ2n) is 3.94. The molecule has 0 saturated carbocycles. The molecule has 1 unspecified atom stereocenters. The molecule has 16 heavy (non-hydrogen) atoms. The van der Waals surface area contributed by atoms with Crippen molar-refractivity contribution in [1.82, 2.24) is 5.32 Å². The maximum atomic E-state index is 13.0. The highest BCUT2D eigenvalue weighted by atomic mass is 19.1. The Labute approximate surface area is 92.7 Å². The van der Waals surface area contributed by atoms with E-state index in [1.165, 1.54) is 12.1 Å². The topological polar surface area (TPSA) is 46.2 Å². The summed E-state index contributed by atoms with van der Waals surface area (Å²) >= 11 is 0. The molecule has 1 aliphatic rings. The van der Waals surface area contributed by atoms with Crippen molar-refractivity contribution < 1.29 is 14.0 Å². The van der Waals surface area contributed by atoms with Crippen LogP contribution in [0.1, 0.15) is 22.3 Å². The van der Waals surface area contributed by atoms with Crippen molar-refractivity contribution in [2.75, 3.05) is 7.05 Å². The Bertz CT molecular complexity index is 456. The normalized spacial score (nSPS) is 19.1. The zero-order valence-corrected chi connectivity index (χ0v) is 8.92. The second kappa shape index (κ2) is 4.04. The minimum absolute atomic E-state index is 0.136. The molecular formula is C12H12FNO2. The van der Waals surface area contributed by atoms with Crippen LogP contribution in [-0.2, 0) is 11.2 Å². The van der Waals surface area contributed by atoms with Gasteiger partial charge in [-0.3, -0.25) is 9.59 Å². The van der Waals surface area contributed by atoms with E-state index >= 15 is 0 Å². The third-order valence-electron chi connectivity index (χ3n) is 2.89. The Morgan fingerprint density at radius 3 is 2.88 bits per heavy atom. The summed E-state index contributed by atoms with van der Waals surface area (Å²) in [5, 5.41) is 2.53. The minimum atomic E-state index is -0.412. The first kappa shape index (κ1) is 10.8. The first-order chi connectivity index (χ1) is 7.61. The van der Waals surface area contributed by atoms with Crippen LogP contribution >= 0.6 is 0 Å².